The Balaban J connectivity index is 1.97. The van der Waals surface area contributed by atoms with E-state index in [2.05, 4.69) is 10.3 Å². The summed E-state index contributed by atoms with van der Waals surface area (Å²) in [6, 6.07) is 12.1. The average Bonchev–Trinajstić information content (AvgIpc) is 2.63. The fraction of sp³-hybridized carbons (Fsp3) is 0.235. The number of benzene rings is 2. The average molecular weight is 327 g/mol. The highest BCUT2D eigenvalue weighted by atomic mass is 16.5. The van der Waals surface area contributed by atoms with Gasteiger partial charge in [0.15, 0.2) is 0 Å². The number of aliphatic hydroxyl groups is 1. The van der Waals surface area contributed by atoms with Gasteiger partial charge in [-0.3, -0.25) is 4.79 Å². The van der Waals surface area contributed by atoms with E-state index in [1.165, 1.54) is 14.2 Å². The first-order valence-corrected chi connectivity index (χ1v) is 7.36. The Morgan fingerprint density at radius 3 is 2.71 bits per heavy atom. The number of hydrogen-bond donors (Lipinski definition) is 1. The zero-order chi connectivity index (χ0) is 17.1. The first-order chi connectivity index (χ1) is 11.6. The fourth-order valence-corrected chi connectivity index (χ4v) is 2.50. The van der Waals surface area contributed by atoms with E-state index >= 15 is 0 Å². The zero-order valence-electron chi connectivity index (χ0n) is 13.3. The van der Waals surface area contributed by atoms with E-state index in [9.17, 15) is 9.90 Å². The summed E-state index contributed by atoms with van der Waals surface area (Å²) in [6.07, 6.45) is -0.997. The maximum Gasteiger partial charge on any atom is 0.277 e. The second kappa shape index (κ2) is 6.67. The standard InChI is InChI=1S/C17H17N3O4/c1-23-11-7-8-16(24-2)13(9-11)15(21)10-20-17(22)12-5-3-4-6-14(12)18-19-20/h3-9,15,21H,10H2,1-2H3. The molecule has 2 aromatic carbocycles. The lowest BCUT2D eigenvalue weighted by Crippen LogP contribution is -2.27. The number of ether oxygens (including phenoxy) is 2. The highest BCUT2D eigenvalue weighted by Gasteiger charge is 2.17. The van der Waals surface area contributed by atoms with Crippen LogP contribution in [-0.4, -0.2) is 34.3 Å². The summed E-state index contributed by atoms with van der Waals surface area (Å²) in [7, 11) is 3.05. The Labute approximate surface area is 138 Å². The summed E-state index contributed by atoms with van der Waals surface area (Å²) in [5.41, 5.74) is 0.729. The molecule has 3 rings (SSSR count). The van der Waals surface area contributed by atoms with Crippen molar-refractivity contribution in [3.8, 4) is 11.5 Å². The Kier molecular flexibility index (Phi) is 4.43. The molecule has 0 aliphatic carbocycles. The van der Waals surface area contributed by atoms with Crippen LogP contribution in [-0.2, 0) is 6.54 Å². The van der Waals surface area contributed by atoms with Crippen LogP contribution < -0.4 is 15.0 Å². The van der Waals surface area contributed by atoms with Gasteiger partial charge in [-0.05, 0) is 30.3 Å². The van der Waals surface area contributed by atoms with Gasteiger partial charge in [0.25, 0.3) is 5.56 Å². The molecule has 1 N–H and O–H groups in total. The van der Waals surface area contributed by atoms with E-state index in [4.69, 9.17) is 9.47 Å². The van der Waals surface area contributed by atoms with Gasteiger partial charge in [-0.2, -0.15) is 0 Å². The smallest absolute Gasteiger partial charge is 0.277 e. The minimum atomic E-state index is -0.997. The summed E-state index contributed by atoms with van der Waals surface area (Å²) in [4.78, 5) is 12.5. The number of fused-ring (bicyclic) bond motifs is 1. The number of nitrogens with zero attached hydrogens (tertiary/aromatic N) is 3. The van der Waals surface area contributed by atoms with E-state index < -0.39 is 6.10 Å². The summed E-state index contributed by atoms with van der Waals surface area (Å²) >= 11 is 0. The highest BCUT2D eigenvalue weighted by Crippen LogP contribution is 2.29. The van der Waals surface area contributed by atoms with E-state index in [1.54, 1.807) is 42.5 Å². The largest absolute Gasteiger partial charge is 0.497 e. The van der Waals surface area contributed by atoms with Crippen molar-refractivity contribution in [2.45, 2.75) is 12.6 Å². The number of aliphatic hydroxyl groups excluding tert-OH is 1. The number of hydrogen-bond acceptors (Lipinski definition) is 6. The van der Waals surface area contributed by atoms with E-state index in [0.29, 0.717) is 28.0 Å². The third kappa shape index (κ3) is 2.93. The van der Waals surface area contributed by atoms with Gasteiger partial charge in [0.2, 0.25) is 0 Å². The van der Waals surface area contributed by atoms with Crippen molar-refractivity contribution in [2.24, 2.45) is 0 Å². The van der Waals surface area contributed by atoms with Gasteiger partial charge in [-0.25, -0.2) is 4.68 Å². The minimum absolute atomic E-state index is 0.0415. The van der Waals surface area contributed by atoms with Crippen molar-refractivity contribution in [1.29, 1.82) is 0 Å². The van der Waals surface area contributed by atoms with Crippen molar-refractivity contribution in [1.82, 2.24) is 15.0 Å². The molecule has 7 nitrogen and oxygen atoms in total. The number of rotatable bonds is 5. The Hall–Kier alpha value is -2.93. The lowest BCUT2D eigenvalue weighted by Gasteiger charge is -2.16. The molecule has 24 heavy (non-hydrogen) atoms. The Bertz CT molecular complexity index is 923. The summed E-state index contributed by atoms with van der Waals surface area (Å²) in [6.45, 7) is -0.0415. The first-order valence-electron chi connectivity index (χ1n) is 7.36. The monoisotopic (exact) mass is 327 g/mol. The topological polar surface area (TPSA) is 86.5 Å². The van der Waals surface area contributed by atoms with Crippen LogP contribution in [0.3, 0.4) is 0 Å². The SMILES string of the molecule is COc1ccc(OC)c(C(O)Cn2nnc3ccccc3c2=O)c1. The van der Waals surface area contributed by atoms with Gasteiger partial charge in [0, 0.05) is 5.56 Å². The van der Waals surface area contributed by atoms with Gasteiger partial charge in [0.05, 0.1) is 26.2 Å². The summed E-state index contributed by atoms with van der Waals surface area (Å²) in [5.74, 6) is 1.09. The van der Waals surface area contributed by atoms with Crippen LogP contribution in [0.5, 0.6) is 11.5 Å². The molecule has 1 heterocycles. The van der Waals surface area contributed by atoms with Gasteiger partial charge in [-0.1, -0.05) is 17.3 Å². The Morgan fingerprint density at radius 2 is 1.96 bits per heavy atom. The molecule has 0 amide bonds. The van der Waals surface area contributed by atoms with Crippen molar-refractivity contribution < 1.29 is 14.6 Å². The fourth-order valence-electron chi connectivity index (χ4n) is 2.50. The van der Waals surface area contributed by atoms with Crippen LogP contribution in [0.25, 0.3) is 10.9 Å². The lowest BCUT2D eigenvalue weighted by molar-refractivity contribution is 0.144. The summed E-state index contributed by atoms with van der Waals surface area (Å²) in [5, 5.41) is 18.9. The Morgan fingerprint density at radius 1 is 1.17 bits per heavy atom. The molecular weight excluding hydrogens is 310 g/mol. The van der Waals surface area contributed by atoms with Crippen LogP contribution >= 0.6 is 0 Å². The molecule has 0 bridgehead atoms. The normalized spacial score (nSPS) is 12.1. The molecule has 7 heteroatoms. The molecule has 1 atom stereocenters. The number of methoxy groups -OCH3 is 2. The second-order valence-electron chi connectivity index (χ2n) is 5.22. The molecule has 1 unspecified atom stereocenters. The maximum absolute atomic E-state index is 12.5. The quantitative estimate of drug-likeness (QED) is 0.765. The minimum Gasteiger partial charge on any atom is -0.497 e. The van der Waals surface area contributed by atoms with Crippen LogP contribution in [0.1, 0.15) is 11.7 Å². The predicted octanol–water partition coefficient (Wildman–Crippen LogP) is 1.54. The van der Waals surface area contributed by atoms with Gasteiger partial charge < -0.3 is 14.6 Å². The maximum atomic E-state index is 12.5. The molecule has 3 aromatic rings. The van der Waals surface area contributed by atoms with Crippen molar-refractivity contribution in [2.75, 3.05) is 14.2 Å². The van der Waals surface area contributed by atoms with E-state index in [0.717, 1.165) is 4.68 Å². The van der Waals surface area contributed by atoms with Gasteiger partial charge >= 0.3 is 0 Å². The van der Waals surface area contributed by atoms with Crippen molar-refractivity contribution >= 4 is 10.9 Å². The predicted molar refractivity (Wildman–Crippen MR) is 88.3 cm³/mol. The lowest BCUT2D eigenvalue weighted by atomic mass is 10.1. The highest BCUT2D eigenvalue weighted by molar-refractivity contribution is 5.76. The van der Waals surface area contributed by atoms with Crippen molar-refractivity contribution in [3.63, 3.8) is 0 Å². The first kappa shape index (κ1) is 15.9. The van der Waals surface area contributed by atoms with Gasteiger partial charge in [-0.15, -0.1) is 5.10 Å². The zero-order valence-corrected chi connectivity index (χ0v) is 13.3. The molecular formula is C17H17N3O4. The van der Waals surface area contributed by atoms with Gasteiger partial charge in [0.1, 0.15) is 23.1 Å². The van der Waals surface area contributed by atoms with Crippen LogP contribution in [0.4, 0.5) is 0 Å². The third-order valence-electron chi connectivity index (χ3n) is 3.77. The van der Waals surface area contributed by atoms with Crippen LogP contribution in [0.2, 0.25) is 0 Å². The van der Waals surface area contributed by atoms with E-state index in [1.807, 2.05) is 0 Å². The molecule has 0 saturated heterocycles. The van der Waals surface area contributed by atoms with Crippen LogP contribution in [0, 0.1) is 0 Å². The molecule has 0 radical (unpaired) electrons. The summed E-state index contributed by atoms with van der Waals surface area (Å²) < 4.78 is 11.6. The molecule has 0 saturated carbocycles. The van der Waals surface area contributed by atoms with Crippen LogP contribution in [0.15, 0.2) is 47.3 Å². The molecule has 0 spiro atoms. The molecule has 124 valence electrons. The molecule has 0 aliphatic heterocycles. The molecule has 1 aromatic heterocycles. The number of aromatic nitrogens is 3. The van der Waals surface area contributed by atoms with Crippen molar-refractivity contribution in [3.05, 3.63) is 58.4 Å². The third-order valence-corrected chi connectivity index (χ3v) is 3.77. The van der Waals surface area contributed by atoms with E-state index in [-0.39, 0.29) is 12.1 Å². The second-order valence-corrected chi connectivity index (χ2v) is 5.22. The molecule has 0 fully saturated rings. The molecule has 0 aliphatic rings.